The molecule has 0 radical (unpaired) electrons. The monoisotopic (exact) mass is 528 g/mol. The number of benzene rings is 3. The third kappa shape index (κ3) is 5.60. The van der Waals surface area contributed by atoms with Gasteiger partial charge in [-0.15, -0.1) is 0 Å². The molecule has 1 heterocycles. The molecule has 0 saturated carbocycles. The van der Waals surface area contributed by atoms with Crippen LogP contribution in [0.1, 0.15) is 26.3 Å². The van der Waals surface area contributed by atoms with Crippen molar-refractivity contribution in [3.05, 3.63) is 83.4 Å². The van der Waals surface area contributed by atoms with Gasteiger partial charge >= 0.3 is 0 Å². The fourth-order valence-electron chi connectivity index (χ4n) is 3.96. The van der Waals surface area contributed by atoms with E-state index in [0.717, 1.165) is 11.3 Å². The smallest absolute Gasteiger partial charge is 0.264 e. The number of sulfonamides is 1. The third-order valence-corrected chi connectivity index (χ3v) is 7.83. The Morgan fingerprint density at radius 2 is 1.72 bits per heavy atom. The molecule has 0 aliphatic carbocycles. The van der Waals surface area contributed by atoms with Crippen LogP contribution in [-0.2, 0) is 20.2 Å². The molecule has 0 saturated heterocycles. The van der Waals surface area contributed by atoms with Crippen LogP contribution in [0.4, 0.5) is 5.69 Å². The first kappa shape index (κ1) is 25.9. The van der Waals surface area contributed by atoms with E-state index >= 15 is 0 Å². The summed E-state index contributed by atoms with van der Waals surface area (Å²) in [5.74, 6) is 0.660. The zero-order chi connectivity index (χ0) is 25.9. The lowest BCUT2D eigenvalue weighted by molar-refractivity contribution is -0.127. The highest BCUT2D eigenvalue weighted by Crippen LogP contribution is 2.37. The van der Waals surface area contributed by atoms with Crippen molar-refractivity contribution in [1.82, 2.24) is 5.32 Å². The number of fused-ring (bicyclic) bond motifs is 1. The predicted octanol–water partition coefficient (Wildman–Crippen LogP) is 4.79. The summed E-state index contributed by atoms with van der Waals surface area (Å²) in [6, 6.07) is 20.5. The van der Waals surface area contributed by atoms with Gasteiger partial charge in [0.2, 0.25) is 0 Å². The van der Waals surface area contributed by atoms with E-state index in [9.17, 15) is 13.2 Å². The number of halogens is 1. The van der Waals surface area contributed by atoms with Crippen LogP contribution in [0, 0.1) is 0 Å². The first-order chi connectivity index (χ1) is 17.1. The standard InChI is InChI=1S/C27H29ClN2O5S/c1-27(2,3)21-8-4-6-10-23(21)34-17-16-29-26(31)25-18-30(22-9-5-7-11-24(22)35-25)36(32,33)20-14-12-19(28)13-15-20/h4-15,25H,16-18H2,1-3H3,(H,29,31)/t25-/m0/s1. The molecular formula is C27H29ClN2O5S. The molecule has 190 valence electrons. The van der Waals surface area contributed by atoms with Crippen molar-refractivity contribution >= 4 is 33.2 Å². The van der Waals surface area contributed by atoms with Gasteiger partial charge in [-0.05, 0) is 53.4 Å². The maximum absolute atomic E-state index is 13.4. The molecule has 3 aromatic rings. The lowest BCUT2D eigenvalue weighted by Gasteiger charge is -2.34. The highest BCUT2D eigenvalue weighted by molar-refractivity contribution is 7.92. The molecule has 7 nitrogen and oxygen atoms in total. The first-order valence-corrected chi connectivity index (χ1v) is 13.4. The minimum Gasteiger partial charge on any atom is -0.491 e. The summed E-state index contributed by atoms with van der Waals surface area (Å²) in [5.41, 5.74) is 1.37. The van der Waals surface area contributed by atoms with E-state index in [0.29, 0.717) is 16.5 Å². The second-order valence-corrected chi connectivity index (χ2v) is 11.7. The molecule has 3 aromatic carbocycles. The molecular weight excluding hydrogens is 500 g/mol. The number of nitrogens with one attached hydrogen (secondary N) is 1. The predicted molar refractivity (Wildman–Crippen MR) is 140 cm³/mol. The van der Waals surface area contributed by atoms with Crippen molar-refractivity contribution in [2.45, 2.75) is 37.2 Å². The van der Waals surface area contributed by atoms with Crippen molar-refractivity contribution in [1.29, 1.82) is 0 Å². The highest BCUT2D eigenvalue weighted by atomic mass is 35.5. The number of para-hydroxylation sites is 3. The molecule has 0 bridgehead atoms. The minimum absolute atomic E-state index is 0.0775. The number of anilines is 1. The van der Waals surface area contributed by atoms with Gasteiger partial charge in [-0.25, -0.2) is 8.42 Å². The zero-order valence-corrected chi connectivity index (χ0v) is 22.0. The Hall–Kier alpha value is -3.23. The summed E-state index contributed by atoms with van der Waals surface area (Å²) >= 11 is 5.93. The van der Waals surface area contributed by atoms with Gasteiger partial charge in [0.15, 0.2) is 6.10 Å². The van der Waals surface area contributed by atoms with Crippen molar-refractivity contribution in [3.63, 3.8) is 0 Å². The number of ether oxygens (including phenoxy) is 2. The van der Waals surface area contributed by atoms with E-state index in [-0.39, 0.29) is 30.0 Å². The zero-order valence-electron chi connectivity index (χ0n) is 20.4. The molecule has 1 aliphatic rings. The van der Waals surface area contributed by atoms with Crippen LogP contribution >= 0.6 is 11.6 Å². The Balaban J connectivity index is 1.45. The van der Waals surface area contributed by atoms with Gasteiger partial charge in [0.25, 0.3) is 15.9 Å². The topological polar surface area (TPSA) is 84.9 Å². The van der Waals surface area contributed by atoms with Crippen molar-refractivity contribution < 1.29 is 22.7 Å². The molecule has 0 spiro atoms. The van der Waals surface area contributed by atoms with Gasteiger partial charge < -0.3 is 14.8 Å². The number of hydrogen-bond donors (Lipinski definition) is 1. The van der Waals surface area contributed by atoms with Crippen LogP contribution in [0.5, 0.6) is 11.5 Å². The van der Waals surface area contributed by atoms with Gasteiger partial charge in [0, 0.05) is 5.02 Å². The first-order valence-electron chi connectivity index (χ1n) is 11.6. The normalized spacial score (nSPS) is 15.6. The molecule has 1 atom stereocenters. The van der Waals surface area contributed by atoms with Gasteiger partial charge in [0.05, 0.1) is 23.7 Å². The molecule has 0 aromatic heterocycles. The van der Waals surface area contributed by atoms with E-state index in [4.69, 9.17) is 21.1 Å². The fourth-order valence-corrected chi connectivity index (χ4v) is 5.56. The number of carbonyl (C=O) groups excluding carboxylic acids is 1. The third-order valence-electron chi connectivity index (χ3n) is 5.78. The van der Waals surface area contributed by atoms with Crippen molar-refractivity contribution in [2.24, 2.45) is 0 Å². The van der Waals surface area contributed by atoms with Crippen molar-refractivity contribution in [3.8, 4) is 11.5 Å². The SMILES string of the molecule is CC(C)(C)c1ccccc1OCCNC(=O)[C@@H]1CN(S(=O)(=O)c2ccc(Cl)cc2)c2ccccc2O1. The van der Waals surface area contributed by atoms with Gasteiger partial charge in [-0.3, -0.25) is 9.10 Å². The summed E-state index contributed by atoms with van der Waals surface area (Å²) in [6.07, 6.45) is -1.02. The number of nitrogens with zero attached hydrogens (tertiary/aromatic N) is 1. The molecule has 36 heavy (non-hydrogen) atoms. The Morgan fingerprint density at radius 3 is 2.44 bits per heavy atom. The van der Waals surface area contributed by atoms with Crippen LogP contribution in [-0.4, -0.2) is 40.1 Å². The highest BCUT2D eigenvalue weighted by Gasteiger charge is 2.37. The molecule has 4 rings (SSSR count). The second kappa shape index (κ2) is 10.4. The average molecular weight is 529 g/mol. The molecule has 0 fully saturated rings. The van der Waals surface area contributed by atoms with Crippen LogP contribution in [0.2, 0.25) is 5.02 Å². The summed E-state index contributed by atoms with van der Waals surface area (Å²) in [7, 11) is -3.95. The molecule has 0 unspecified atom stereocenters. The Kier molecular flexibility index (Phi) is 7.47. The van der Waals surface area contributed by atoms with E-state index < -0.39 is 22.0 Å². The maximum Gasteiger partial charge on any atom is 0.264 e. The molecule has 1 N–H and O–H groups in total. The van der Waals surface area contributed by atoms with E-state index in [1.165, 1.54) is 28.6 Å². The number of carbonyl (C=O) groups is 1. The number of rotatable bonds is 7. The summed E-state index contributed by atoms with van der Waals surface area (Å²) in [6.45, 7) is 6.66. The molecule has 1 amide bonds. The van der Waals surface area contributed by atoms with Gasteiger partial charge in [-0.1, -0.05) is 62.7 Å². The Labute approximate surface area is 217 Å². The van der Waals surface area contributed by atoms with Crippen LogP contribution in [0.15, 0.2) is 77.7 Å². The lowest BCUT2D eigenvalue weighted by atomic mass is 9.86. The molecule has 1 aliphatic heterocycles. The van der Waals surface area contributed by atoms with Crippen LogP contribution in [0.3, 0.4) is 0 Å². The summed E-state index contributed by atoms with van der Waals surface area (Å²) in [5, 5.41) is 3.23. The second-order valence-electron chi connectivity index (χ2n) is 9.45. The maximum atomic E-state index is 13.4. The Bertz CT molecular complexity index is 1340. The largest absolute Gasteiger partial charge is 0.491 e. The average Bonchev–Trinajstić information content (AvgIpc) is 2.85. The number of amides is 1. The Morgan fingerprint density at radius 1 is 1.06 bits per heavy atom. The van der Waals surface area contributed by atoms with E-state index in [1.54, 1.807) is 24.3 Å². The van der Waals surface area contributed by atoms with Gasteiger partial charge in [0.1, 0.15) is 18.1 Å². The van der Waals surface area contributed by atoms with E-state index in [1.807, 2.05) is 24.3 Å². The summed E-state index contributed by atoms with van der Waals surface area (Å²) in [4.78, 5) is 13.0. The quantitative estimate of drug-likeness (QED) is 0.446. The number of hydrogen-bond acceptors (Lipinski definition) is 5. The van der Waals surface area contributed by atoms with Gasteiger partial charge in [-0.2, -0.15) is 0 Å². The summed E-state index contributed by atoms with van der Waals surface area (Å²) < 4.78 is 39.9. The van der Waals surface area contributed by atoms with E-state index in [2.05, 4.69) is 26.1 Å². The minimum atomic E-state index is -3.95. The van der Waals surface area contributed by atoms with Crippen LogP contribution in [0.25, 0.3) is 0 Å². The molecule has 9 heteroatoms. The van der Waals surface area contributed by atoms with Crippen LogP contribution < -0.4 is 19.1 Å². The van der Waals surface area contributed by atoms with Crippen molar-refractivity contribution in [2.75, 3.05) is 24.0 Å². The lowest BCUT2D eigenvalue weighted by Crippen LogP contribution is -2.51. The fraction of sp³-hybridized carbons (Fsp3) is 0.296.